The van der Waals surface area contributed by atoms with Crippen molar-refractivity contribution in [3.8, 4) is 5.75 Å². The summed E-state index contributed by atoms with van der Waals surface area (Å²) in [6, 6.07) is 10.5. The molecule has 0 unspecified atom stereocenters. The summed E-state index contributed by atoms with van der Waals surface area (Å²) in [4.78, 5) is 14.3. The number of aliphatic hydroxyl groups is 1. The van der Waals surface area contributed by atoms with E-state index in [4.69, 9.17) is 4.74 Å². The van der Waals surface area contributed by atoms with Crippen molar-refractivity contribution in [1.82, 2.24) is 4.90 Å². The molecule has 1 fully saturated rings. The SMILES string of the molecule is COc1ccc(C2(O)CCN(CCCC(=O)c3ccc(F)cc3F)CC2)cc1. The van der Waals surface area contributed by atoms with Gasteiger partial charge in [-0.1, -0.05) is 12.1 Å². The van der Waals surface area contributed by atoms with Crippen LogP contribution >= 0.6 is 0 Å². The lowest BCUT2D eigenvalue weighted by Crippen LogP contribution is -2.42. The van der Waals surface area contributed by atoms with Crippen molar-refractivity contribution in [2.45, 2.75) is 31.3 Å². The number of nitrogens with zero attached hydrogens (tertiary/aromatic N) is 1. The highest BCUT2D eigenvalue weighted by molar-refractivity contribution is 5.96. The Hall–Kier alpha value is -2.31. The predicted molar refractivity (Wildman–Crippen MR) is 102 cm³/mol. The molecule has 0 atom stereocenters. The van der Waals surface area contributed by atoms with Crippen molar-refractivity contribution < 1.29 is 23.4 Å². The molecule has 6 heteroatoms. The monoisotopic (exact) mass is 389 g/mol. The van der Waals surface area contributed by atoms with Crippen LogP contribution in [0, 0.1) is 11.6 Å². The summed E-state index contributed by atoms with van der Waals surface area (Å²) in [6.45, 7) is 2.15. The first-order valence-corrected chi connectivity index (χ1v) is 9.49. The molecule has 1 heterocycles. The number of halogens is 2. The Morgan fingerprint density at radius 3 is 2.43 bits per heavy atom. The number of Topliss-reactive ketones (excluding diaryl/α,β-unsaturated/α-hetero) is 1. The molecule has 2 aromatic carbocycles. The first-order chi connectivity index (χ1) is 13.4. The van der Waals surface area contributed by atoms with Crippen LogP contribution in [0.1, 0.15) is 41.6 Å². The topological polar surface area (TPSA) is 49.8 Å². The van der Waals surface area contributed by atoms with E-state index in [0.29, 0.717) is 25.8 Å². The number of ketones is 1. The van der Waals surface area contributed by atoms with Gasteiger partial charge in [-0.2, -0.15) is 0 Å². The van der Waals surface area contributed by atoms with Gasteiger partial charge in [0.05, 0.1) is 18.3 Å². The molecule has 0 aromatic heterocycles. The van der Waals surface area contributed by atoms with Crippen LogP contribution in [0.5, 0.6) is 5.75 Å². The van der Waals surface area contributed by atoms with Crippen LogP contribution in [-0.4, -0.2) is 42.5 Å². The molecular formula is C22H25F2NO3. The summed E-state index contributed by atoms with van der Waals surface area (Å²) < 4.78 is 31.8. The molecule has 0 spiro atoms. The Kier molecular flexibility index (Phi) is 6.42. The van der Waals surface area contributed by atoms with Crippen LogP contribution in [0.2, 0.25) is 0 Å². The van der Waals surface area contributed by atoms with Gasteiger partial charge in [-0.25, -0.2) is 8.78 Å². The molecule has 1 aliphatic heterocycles. The summed E-state index contributed by atoms with van der Waals surface area (Å²) in [5.41, 5.74) is -0.0284. The summed E-state index contributed by atoms with van der Waals surface area (Å²) in [5, 5.41) is 10.9. The van der Waals surface area contributed by atoms with E-state index in [1.165, 1.54) is 6.07 Å². The minimum absolute atomic E-state index is 0.0612. The average Bonchev–Trinajstić information content (AvgIpc) is 2.69. The van der Waals surface area contributed by atoms with E-state index in [9.17, 15) is 18.7 Å². The number of likely N-dealkylation sites (tertiary alicyclic amines) is 1. The van der Waals surface area contributed by atoms with E-state index >= 15 is 0 Å². The molecule has 1 aliphatic rings. The molecule has 0 radical (unpaired) electrons. The van der Waals surface area contributed by atoms with Gasteiger partial charge in [-0.05, 0) is 55.6 Å². The maximum Gasteiger partial charge on any atom is 0.165 e. The Labute approximate surface area is 163 Å². The van der Waals surface area contributed by atoms with E-state index in [0.717, 1.165) is 36.5 Å². The molecule has 0 aliphatic carbocycles. The molecule has 3 rings (SSSR count). The fraction of sp³-hybridized carbons (Fsp3) is 0.409. The van der Waals surface area contributed by atoms with Crippen LogP contribution in [-0.2, 0) is 5.60 Å². The maximum atomic E-state index is 13.7. The Balaban J connectivity index is 1.47. The third-order valence-electron chi connectivity index (χ3n) is 5.42. The highest BCUT2D eigenvalue weighted by Gasteiger charge is 2.33. The second-order valence-electron chi connectivity index (χ2n) is 7.25. The molecule has 0 bridgehead atoms. The van der Waals surface area contributed by atoms with Crippen molar-refractivity contribution in [2.24, 2.45) is 0 Å². The minimum Gasteiger partial charge on any atom is -0.497 e. The van der Waals surface area contributed by atoms with E-state index in [1.807, 2.05) is 24.3 Å². The molecule has 1 N–H and O–H groups in total. The van der Waals surface area contributed by atoms with Gasteiger partial charge in [-0.15, -0.1) is 0 Å². The summed E-state index contributed by atoms with van der Waals surface area (Å²) in [6.07, 6.45) is 2.03. The fourth-order valence-corrected chi connectivity index (χ4v) is 3.65. The highest BCUT2D eigenvalue weighted by atomic mass is 19.1. The van der Waals surface area contributed by atoms with Gasteiger partial charge in [-0.3, -0.25) is 4.79 Å². The highest BCUT2D eigenvalue weighted by Crippen LogP contribution is 2.33. The standard InChI is InChI=1S/C22H25F2NO3/c1-28-18-7-4-16(5-8-18)22(27)10-13-25(14-11-22)12-2-3-21(26)19-9-6-17(23)15-20(19)24/h4-9,15,27H,2-3,10-14H2,1H3. The normalized spacial score (nSPS) is 16.7. The maximum absolute atomic E-state index is 13.7. The third-order valence-corrected chi connectivity index (χ3v) is 5.42. The van der Waals surface area contributed by atoms with Crippen molar-refractivity contribution in [3.63, 3.8) is 0 Å². The third kappa shape index (κ3) is 4.75. The van der Waals surface area contributed by atoms with Crippen LogP contribution in [0.4, 0.5) is 8.78 Å². The molecular weight excluding hydrogens is 364 g/mol. The van der Waals surface area contributed by atoms with Gasteiger partial charge in [0.25, 0.3) is 0 Å². The predicted octanol–water partition coefficient (Wildman–Crippen LogP) is 3.92. The average molecular weight is 389 g/mol. The first-order valence-electron chi connectivity index (χ1n) is 9.49. The number of ether oxygens (including phenoxy) is 1. The Morgan fingerprint density at radius 1 is 1.14 bits per heavy atom. The Bertz CT molecular complexity index is 815. The number of carbonyl (C=O) groups excluding carboxylic acids is 1. The zero-order chi connectivity index (χ0) is 20.1. The van der Waals surface area contributed by atoms with Crippen molar-refractivity contribution in [2.75, 3.05) is 26.7 Å². The van der Waals surface area contributed by atoms with E-state index in [1.54, 1.807) is 7.11 Å². The number of hydrogen-bond acceptors (Lipinski definition) is 4. The minimum atomic E-state index is -0.851. The van der Waals surface area contributed by atoms with E-state index < -0.39 is 17.2 Å². The number of carbonyl (C=O) groups is 1. The molecule has 150 valence electrons. The number of rotatable bonds is 7. The molecule has 4 nitrogen and oxygen atoms in total. The zero-order valence-electron chi connectivity index (χ0n) is 16.0. The van der Waals surface area contributed by atoms with E-state index in [2.05, 4.69) is 4.90 Å². The summed E-state index contributed by atoms with van der Waals surface area (Å²) in [7, 11) is 1.61. The number of piperidine rings is 1. The lowest BCUT2D eigenvalue weighted by molar-refractivity contribution is -0.0260. The second kappa shape index (κ2) is 8.80. The number of benzene rings is 2. The summed E-state index contributed by atoms with van der Waals surface area (Å²) >= 11 is 0. The zero-order valence-corrected chi connectivity index (χ0v) is 16.0. The first kappa shape index (κ1) is 20.4. The van der Waals surface area contributed by atoms with Gasteiger partial charge in [0.1, 0.15) is 17.4 Å². The lowest BCUT2D eigenvalue weighted by atomic mass is 9.84. The van der Waals surface area contributed by atoms with Crippen LogP contribution in [0.25, 0.3) is 0 Å². The number of hydrogen-bond donors (Lipinski definition) is 1. The van der Waals surface area contributed by atoms with Crippen molar-refractivity contribution in [1.29, 1.82) is 0 Å². The smallest absolute Gasteiger partial charge is 0.165 e. The molecule has 28 heavy (non-hydrogen) atoms. The van der Waals surface area contributed by atoms with Crippen molar-refractivity contribution in [3.05, 3.63) is 65.2 Å². The van der Waals surface area contributed by atoms with Crippen molar-refractivity contribution >= 4 is 5.78 Å². The van der Waals surface area contributed by atoms with Gasteiger partial charge in [0.15, 0.2) is 5.78 Å². The van der Waals surface area contributed by atoms with Gasteiger partial charge in [0, 0.05) is 25.6 Å². The van der Waals surface area contributed by atoms with Crippen LogP contribution < -0.4 is 4.74 Å². The quantitative estimate of drug-likeness (QED) is 0.730. The summed E-state index contributed by atoms with van der Waals surface area (Å²) in [5.74, 6) is -1.06. The molecule has 0 saturated carbocycles. The fourth-order valence-electron chi connectivity index (χ4n) is 3.65. The second-order valence-corrected chi connectivity index (χ2v) is 7.25. The lowest BCUT2D eigenvalue weighted by Gasteiger charge is -2.38. The largest absolute Gasteiger partial charge is 0.497 e. The van der Waals surface area contributed by atoms with E-state index in [-0.39, 0.29) is 17.8 Å². The van der Waals surface area contributed by atoms with Crippen LogP contribution in [0.15, 0.2) is 42.5 Å². The molecule has 1 saturated heterocycles. The number of methoxy groups -OCH3 is 1. The van der Waals surface area contributed by atoms with Gasteiger partial charge < -0.3 is 14.7 Å². The molecule has 0 amide bonds. The van der Waals surface area contributed by atoms with Gasteiger partial charge >= 0.3 is 0 Å². The molecule has 2 aromatic rings. The van der Waals surface area contributed by atoms with Crippen LogP contribution in [0.3, 0.4) is 0 Å². The Morgan fingerprint density at radius 2 is 1.82 bits per heavy atom. The van der Waals surface area contributed by atoms with Gasteiger partial charge in [0.2, 0.25) is 0 Å².